The highest BCUT2D eigenvalue weighted by atomic mass is 35.5. The highest BCUT2D eigenvalue weighted by Gasteiger charge is 2.29. The van der Waals surface area contributed by atoms with Crippen molar-refractivity contribution in [2.45, 2.75) is 25.3 Å². The highest BCUT2D eigenvalue weighted by molar-refractivity contribution is 5.85. The number of rotatable bonds is 5. The normalized spacial score (nSPS) is 18.1. The molecule has 0 aromatic heterocycles. The molecule has 1 atom stereocenters. The van der Waals surface area contributed by atoms with Gasteiger partial charge >= 0.3 is 0 Å². The molecule has 2 N–H and O–H groups in total. The quantitative estimate of drug-likeness (QED) is 0.806. The molecular formula is C16H24ClN3O2. The Kier molecular flexibility index (Phi) is 7.91. The molecule has 1 fully saturated rings. The van der Waals surface area contributed by atoms with Gasteiger partial charge in [0, 0.05) is 19.5 Å². The molecular weight excluding hydrogens is 302 g/mol. The monoisotopic (exact) mass is 325 g/mol. The predicted molar refractivity (Wildman–Crippen MR) is 88.9 cm³/mol. The van der Waals surface area contributed by atoms with E-state index in [-0.39, 0.29) is 30.3 Å². The van der Waals surface area contributed by atoms with Crippen LogP contribution in [-0.2, 0) is 9.59 Å². The van der Waals surface area contributed by atoms with Crippen LogP contribution in [0.1, 0.15) is 30.9 Å². The molecule has 1 heterocycles. The van der Waals surface area contributed by atoms with E-state index < -0.39 is 0 Å². The molecule has 2 rings (SSSR count). The summed E-state index contributed by atoms with van der Waals surface area (Å²) in [5.41, 5.74) is 1.02. The zero-order valence-corrected chi connectivity index (χ0v) is 13.7. The summed E-state index contributed by atoms with van der Waals surface area (Å²) < 4.78 is 0. The maximum absolute atomic E-state index is 12.5. The van der Waals surface area contributed by atoms with Crippen molar-refractivity contribution in [3.8, 4) is 0 Å². The van der Waals surface area contributed by atoms with Crippen molar-refractivity contribution >= 4 is 24.2 Å². The topological polar surface area (TPSA) is 61.4 Å². The average molecular weight is 326 g/mol. The first-order chi connectivity index (χ1) is 10.2. The summed E-state index contributed by atoms with van der Waals surface area (Å²) >= 11 is 0. The van der Waals surface area contributed by atoms with Gasteiger partial charge in [0.15, 0.2) is 0 Å². The lowest BCUT2D eigenvalue weighted by Crippen LogP contribution is -2.36. The Morgan fingerprint density at radius 1 is 1.36 bits per heavy atom. The van der Waals surface area contributed by atoms with Gasteiger partial charge in [-0.2, -0.15) is 0 Å². The van der Waals surface area contributed by atoms with Crippen molar-refractivity contribution in [1.29, 1.82) is 0 Å². The lowest BCUT2D eigenvalue weighted by Gasteiger charge is -2.29. The van der Waals surface area contributed by atoms with Crippen molar-refractivity contribution in [2.24, 2.45) is 0 Å². The van der Waals surface area contributed by atoms with Gasteiger partial charge in [-0.15, -0.1) is 12.4 Å². The number of halogens is 1. The number of carbonyl (C=O) groups is 2. The second kappa shape index (κ2) is 9.43. The largest absolute Gasteiger partial charge is 0.354 e. The molecule has 0 aliphatic carbocycles. The minimum absolute atomic E-state index is 0. The van der Waals surface area contributed by atoms with Crippen LogP contribution in [-0.4, -0.2) is 43.4 Å². The van der Waals surface area contributed by atoms with Crippen LogP contribution in [0.15, 0.2) is 30.3 Å². The average Bonchev–Trinajstić information content (AvgIpc) is 2.70. The molecule has 0 radical (unpaired) electrons. The summed E-state index contributed by atoms with van der Waals surface area (Å²) in [5.74, 6) is 0.130. The first-order valence-electron chi connectivity index (χ1n) is 7.48. The Morgan fingerprint density at radius 3 is 2.77 bits per heavy atom. The lowest BCUT2D eigenvalue weighted by atomic mass is 10.0. The van der Waals surface area contributed by atoms with Crippen molar-refractivity contribution in [3.05, 3.63) is 35.9 Å². The number of hydrogen-bond donors (Lipinski definition) is 2. The second-order valence-corrected chi connectivity index (χ2v) is 5.27. The fourth-order valence-electron chi connectivity index (χ4n) is 2.66. The molecule has 22 heavy (non-hydrogen) atoms. The van der Waals surface area contributed by atoms with Crippen molar-refractivity contribution < 1.29 is 9.59 Å². The minimum atomic E-state index is -0.157. The third-order valence-corrected chi connectivity index (χ3v) is 3.75. The molecule has 1 aromatic carbocycles. The number of benzene rings is 1. The van der Waals surface area contributed by atoms with Gasteiger partial charge in [-0.25, -0.2) is 0 Å². The molecule has 1 aliphatic rings. The molecule has 0 saturated carbocycles. The Bertz CT molecular complexity index is 482. The molecule has 0 spiro atoms. The smallest absolute Gasteiger partial charge is 0.223 e. The Balaban J connectivity index is 0.00000242. The van der Waals surface area contributed by atoms with Crippen molar-refractivity contribution in [1.82, 2.24) is 15.5 Å². The summed E-state index contributed by atoms with van der Waals surface area (Å²) in [6, 6.07) is 9.65. The van der Waals surface area contributed by atoms with Gasteiger partial charge in [0.2, 0.25) is 11.8 Å². The van der Waals surface area contributed by atoms with Gasteiger partial charge in [0.25, 0.3) is 0 Å². The van der Waals surface area contributed by atoms with E-state index in [1.165, 1.54) is 0 Å². The Labute approximate surface area is 137 Å². The van der Waals surface area contributed by atoms with E-state index in [1.807, 2.05) is 42.3 Å². The molecule has 1 aromatic rings. The summed E-state index contributed by atoms with van der Waals surface area (Å²) in [5, 5.41) is 5.90. The predicted octanol–water partition coefficient (Wildman–Crippen LogP) is 1.50. The zero-order chi connectivity index (χ0) is 15.1. The van der Waals surface area contributed by atoms with Crippen LogP contribution < -0.4 is 10.6 Å². The Morgan fingerprint density at radius 2 is 2.09 bits per heavy atom. The van der Waals surface area contributed by atoms with Crippen LogP contribution in [0.25, 0.3) is 0 Å². The molecule has 0 bridgehead atoms. The third-order valence-electron chi connectivity index (χ3n) is 3.75. The van der Waals surface area contributed by atoms with Crippen molar-refractivity contribution in [2.75, 3.05) is 26.7 Å². The summed E-state index contributed by atoms with van der Waals surface area (Å²) in [7, 11) is 1.88. The van der Waals surface area contributed by atoms with E-state index in [0.29, 0.717) is 25.9 Å². The van der Waals surface area contributed by atoms with Crippen LogP contribution in [0.3, 0.4) is 0 Å². The molecule has 122 valence electrons. The van der Waals surface area contributed by atoms with Crippen LogP contribution in [0.5, 0.6) is 0 Å². The van der Waals surface area contributed by atoms with E-state index in [1.54, 1.807) is 0 Å². The SMILES string of the molecule is CNCCCC(=O)N1CCNC(=O)CC1c1ccccc1.Cl. The first kappa shape index (κ1) is 18.5. The molecule has 1 saturated heterocycles. The van der Waals surface area contributed by atoms with Crippen LogP contribution in [0.4, 0.5) is 0 Å². The van der Waals surface area contributed by atoms with Gasteiger partial charge in [-0.3, -0.25) is 9.59 Å². The third kappa shape index (κ3) is 5.00. The molecule has 6 heteroatoms. The number of carbonyl (C=O) groups excluding carboxylic acids is 2. The van der Waals surface area contributed by atoms with Gasteiger partial charge in [-0.05, 0) is 25.6 Å². The molecule has 1 unspecified atom stereocenters. The first-order valence-corrected chi connectivity index (χ1v) is 7.48. The van der Waals surface area contributed by atoms with Crippen LogP contribution >= 0.6 is 12.4 Å². The maximum Gasteiger partial charge on any atom is 0.223 e. The Hall–Kier alpha value is -1.59. The van der Waals surface area contributed by atoms with Gasteiger partial charge < -0.3 is 15.5 Å². The zero-order valence-electron chi connectivity index (χ0n) is 12.9. The molecule has 2 amide bonds. The van der Waals surface area contributed by atoms with Crippen LogP contribution in [0, 0.1) is 0 Å². The van der Waals surface area contributed by atoms with E-state index in [9.17, 15) is 9.59 Å². The molecule has 5 nitrogen and oxygen atoms in total. The van der Waals surface area contributed by atoms with Gasteiger partial charge in [0.1, 0.15) is 0 Å². The summed E-state index contributed by atoms with van der Waals surface area (Å²) in [6.07, 6.45) is 1.66. The minimum Gasteiger partial charge on any atom is -0.354 e. The number of hydrogen-bond acceptors (Lipinski definition) is 3. The number of nitrogens with one attached hydrogen (secondary N) is 2. The van der Waals surface area contributed by atoms with E-state index in [0.717, 1.165) is 18.5 Å². The van der Waals surface area contributed by atoms with E-state index in [4.69, 9.17) is 0 Å². The van der Waals surface area contributed by atoms with Gasteiger partial charge in [-0.1, -0.05) is 30.3 Å². The second-order valence-electron chi connectivity index (χ2n) is 5.27. The highest BCUT2D eigenvalue weighted by Crippen LogP contribution is 2.26. The fourth-order valence-corrected chi connectivity index (χ4v) is 2.66. The summed E-state index contributed by atoms with van der Waals surface area (Å²) in [6.45, 7) is 1.93. The van der Waals surface area contributed by atoms with Crippen LogP contribution in [0.2, 0.25) is 0 Å². The van der Waals surface area contributed by atoms with Crippen molar-refractivity contribution in [3.63, 3.8) is 0 Å². The van der Waals surface area contributed by atoms with Gasteiger partial charge in [0.05, 0.1) is 12.5 Å². The standard InChI is InChI=1S/C16H23N3O2.ClH/c1-17-9-5-8-16(21)19-11-10-18-15(20)12-14(19)13-6-3-2-4-7-13;/h2-4,6-7,14,17H,5,8-12H2,1H3,(H,18,20);1H. The summed E-state index contributed by atoms with van der Waals surface area (Å²) in [4.78, 5) is 26.2. The lowest BCUT2D eigenvalue weighted by molar-refractivity contribution is -0.133. The fraction of sp³-hybridized carbons (Fsp3) is 0.500. The maximum atomic E-state index is 12.5. The molecule has 1 aliphatic heterocycles. The number of nitrogens with zero attached hydrogens (tertiary/aromatic N) is 1. The van der Waals surface area contributed by atoms with E-state index in [2.05, 4.69) is 10.6 Å². The number of amides is 2. The van der Waals surface area contributed by atoms with E-state index >= 15 is 0 Å².